The molecule has 2 aromatic carbocycles. The monoisotopic (exact) mass is 423 g/mol. The van der Waals surface area contributed by atoms with E-state index in [0.29, 0.717) is 42.8 Å². The summed E-state index contributed by atoms with van der Waals surface area (Å²) in [5.74, 6) is 2.76. The van der Waals surface area contributed by atoms with E-state index in [-0.39, 0.29) is 11.8 Å². The molecule has 0 saturated carbocycles. The van der Waals surface area contributed by atoms with E-state index in [1.54, 1.807) is 31.3 Å². The summed E-state index contributed by atoms with van der Waals surface area (Å²) in [6.45, 7) is 3.20. The van der Waals surface area contributed by atoms with Crippen LogP contribution in [0, 0.1) is 0 Å². The van der Waals surface area contributed by atoms with Crippen LogP contribution < -0.4 is 19.1 Å². The van der Waals surface area contributed by atoms with E-state index >= 15 is 0 Å². The third-order valence-electron chi connectivity index (χ3n) is 5.18. The van der Waals surface area contributed by atoms with Gasteiger partial charge in [0.25, 0.3) is 0 Å². The SMILES string of the molecule is CCCOc1ccc(-c2noc(C3CC(=O)N(c4ccc(OC)c(OC)c4)C3)n2)cc1. The Balaban J connectivity index is 1.48. The van der Waals surface area contributed by atoms with Crippen LogP contribution in [0.3, 0.4) is 0 Å². The number of aromatic nitrogens is 2. The fourth-order valence-corrected chi connectivity index (χ4v) is 3.55. The van der Waals surface area contributed by atoms with Gasteiger partial charge in [0.2, 0.25) is 17.6 Å². The van der Waals surface area contributed by atoms with Gasteiger partial charge < -0.3 is 23.6 Å². The first kappa shape index (κ1) is 20.7. The Morgan fingerprint density at radius 2 is 1.87 bits per heavy atom. The Labute approximate surface area is 180 Å². The average Bonchev–Trinajstić information content (AvgIpc) is 3.44. The zero-order chi connectivity index (χ0) is 21.8. The highest BCUT2D eigenvalue weighted by Gasteiger charge is 2.35. The molecule has 3 aromatic rings. The average molecular weight is 423 g/mol. The number of amides is 1. The lowest BCUT2D eigenvalue weighted by Crippen LogP contribution is -2.24. The third-order valence-corrected chi connectivity index (χ3v) is 5.18. The smallest absolute Gasteiger partial charge is 0.232 e. The number of anilines is 1. The fraction of sp³-hybridized carbons (Fsp3) is 0.348. The van der Waals surface area contributed by atoms with Gasteiger partial charge >= 0.3 is 0 Å². The van der Waals surface area contributed by atoms with Crippen molar-refractivity contribution in [3.63, 3.8) is 0 Å². The lowest BCUT2D eigenvalue weighted by atomic mass is 10.1. The van der Waals surface area contributed by atoms with E-state index in [2.05, 4.69) is 17.1 Å². The normalized spacial score (nSPS) is 15.9. The van der Waals surface area contributed by atoms with Crippen LogP contribution in [0.1, 0.15) is 31.6 Å². The molecule has 0 aliphatic carbocycles. The quantitative estimate of drug-likeness (QED) is 0.540. The predicted octanol–water partition coefficient (Wildman–Crippen LogP) is 4.06. The molecule has 0 N–H and O–H groups in total. The van der Waals surface area contributed by atoms with Crippen LogP contribution in [-0.4, -0.2) is 43.4 Å². The summed E-state index contributed by atoms with van der Waals surface area (Å²) in [7, 11) is 3.15. The molecule has 8 heteroatoms. The van der Waals surface area contributed by atoms with E-state index < -0.39 is 0 Å². The highest BCUT2D eigenvalue weighted by molar-refractivity contribution is 5.96. The van der Waals surface area contributed by atoms with Gasteiger partial charge in [-0.05, 0) is 42.8 Å². The maximum Gasteiger partial charge on any atom is 0.232 e. The van der Waals surface area contributed by atoms with Gasteiger partial charge in [-0.15, -0.1) is 0 Å². The number of methoxy groups -OCH3 is 2. The molecule has 1 aliphatic heterocycles. The second-order valence-corrected chi connectivity index (χ2v) is 7.27. The second kappa shape index (κ2) is 9.07. The number of benzene rings is 2. The Morgan fingerprint density at radius 3 is 2.58 bits per heavy atom. The molecule has 4 rings (SSSR count). The van der Waals surface area contributed by atoms with Gasteiger partial charge in [0.05, 0.1) is 26.7 Å². The molecular weight excluding hydrogens is 398 g/mol. The largest absolute Gasteiger partial charge is 0.494 e. The van der Waals surface area contributed by atoms with Gasteiger partial charge in [-0.2, -0.15) is 4.98 Å². The minimum atomic E-state index is -0.172. The Hall–Kier alpha value is -3.55. The lowest BCUT2D eigenvalue weighted by Gasteiger charge is -2.18. The summed E-state index contributed by atoms with van der Waals surface area (Å²) in [5.41, 5.74) is 1.58. The van der Waals surface area contributed by atoms with Crippen molar-refractivity contribution in [3.05, 3.63) is 48.4 Å². The minimum absolute atomic E-state index is 0.00519. The van der Waals surface area contributed by atoms with Crippen molar-refractivity contribution in [3.8, 4) is 28.6 Å². The van der Waals surface area contributed by atoms with E-state index in [4.69, 9.17) is 18.7 Å². The molecule has 1 amide bonds. The van der Waals surface area contributed by atoms with Crippen LogP contribution in [0.5, 0.6) is 17.2 Å². The summed E-state index contributed by atoms with van der Waals surface area (Å²) in [6, 6.07) is 13.0. The topological polar surface area (TPSA) is 86.9 Å². The van der Waals surface area contributed by atoms with Gasteiger partial charge in [0, 0.05) is 30.3 Å². The van der Waals surface area contributed by atoms with Gasteiger partial charge in [-0.1, -0.05) is 12.1 Å². The Bertz CT molecular complexity index is 1050. The molecule has 1 atom stereocenters. The summed E-state index contributed by atoms with van der Waals surface area (Å²) in [5, 5.41) is 4.10. The number of ether oxygens (including phenoxy) is 3. The van der Waals surface area contributed by atoms with Crippen molar-refractivity contribution in [2.75, 3.05) is 32.3 Å². The second-order valence-electron chi connectivity index (χ2n) is 7.27. The first-order valence-corrected chi connectivity index (χ1v) is 10.2. The van der Waals surface area contributed by atoms with Crippen molar-refractivity contribution in [2.45, 2.75) is 25.7 Å². The van der Waals surface area contributed by atoms with E-state index in [1.807, 2.05) is 30.3 Å². The van der Waals surface area contributed by atoms with Crippen LogP contribution in [0.25, 0.3) is 11.4 Å². The van der Waals surface area contributed by atoms with E-state index in [1.165, 1.54) is 0 Å². The highest BCUT2D eigenvalue weighted by Crippen LogP contribution is 2.36. The molecule has 0 radical (unpaired) electrons. The van der Waals surface area contributed by atoms with Crippen LogP contribution in [0.2, 0.25) is 0 Å². The van der Waals surface area contributed by atoms with Gasteiger partial charge in [0.1, 0.15) is 5.75 Å². The zero-order valence-electron chi connectivity index (χ0n) is 17.8. The number of nitrogens with zero attached hydrogens (tertiary/aromatic N) is 3. The molecule has 1 saturated heterocycles. The van der Waals surface area contributed by atoms with Crippen molar-refractivity contribution < 1.29 is 23.5 Å². The van der Waals surface area contributed by atoms with Crippen molar-refractivity contribution in [1.82, 2.24) is 10.1 Å². The zero-order valence-corrected chi connectivity index (χ0v) is 17.8. The molecule has 162 valence electrons. The van der Waals surface area contributed by atoms with E-state index in [9.17, 15) is 4.79 Å². The molecule has 1 fully saturated rings. The van der Waals surface area contributed by atoms with Gasteiger partial charge in [0.15, 0.2) is 11.5 Å². The number of hydrogen-bond donors (Lipinski definition) is 0. The van der Waals surface area contributed by atoms with Crippen LogP contribution in [-0.2, 0) is 4.79 Å². The number of carbonyl (C=O) groups excluding carboxylic acids is 1. The molecule has 0 bridgehead atoms. The first-order valence-electron chi connectivity index (χ1n) is 10.2. The highest BCUT2D eigenvalue weighted by atomic mass is 16.5. The molecule has 1 unspecified atom stereocenters. The number of carbonyl (C=O) groups is 1. The maximum atomic E-state index is 12.7. The van der Waals surface area contributed by atoms with Crippen LogP contribution in [0.15, 0.2) is 47.0 Å². The molecule has 2 heterocycles. The van der Waals surface area contributed by atoms with Gasteiger partial charge in [-0.3, -0.25) is 4.79 Å². The van der Waals surface area contributed by atoms with Crippen LogP contribution >= 0.6 is 0 Å². The maximum absolute atomic E-state index is 12.7. The van der Waals surface area contributed by atoms with Crippen molar-refractivity contribution >= 4 is 11.6 Å². The lowest BCUT2D eigenvalue weighted by molar-refractivity contribution is -0.117. The van der Waals surface area contributed by atoms with Crippen molar-refractivity contribution in [2.24, 2.45) is 0 Å². The van der Waals surface area contributed by atoms with Gasteiger partial charge in [-0.25, -0.2) is 0 Å². The minimum Gasteiger partial charge on any atom is -0.494 e. The fourth-order valence-electron chi connectivity index (χ4n) is 3.55. The molecule has 31 heavy (non-hydrogen) atoms. The molecular formula is C23H25N3O5. The van der Waals surface area contributed by atoms with Crippen molar-refractivity contribution in [1.29, 1.82) is 0 Å². The molecule has 0 spiro atoms. The predicted molar refractivity (Wildman–Crippen MR) is 115 cm³/mol. The van der Waals surface area contributed by atoms with Crippen LogP contribution in [0.4, 0.5) is 5.69 Å². The summed E-state index contributed by atoms with van der Waals surface area (Å²) in [6.07, 6.45) is 1.26. The molecule has 8 nitrogen and oxygen atoms in total. The Kier molecular flexibility index (Phi) is 6.06. The van der Waals surface area contributed by atoms with E-state index in [0.717, 1.165) is 23.4 Å². The molecule has 1 aromatic heterocycles. The Morgan fingerprint density at radius 1 is 1.10 bits per heavy atom. The standard InChI is InChI=1S/C23H25N3O5/c1-4-11-30-18-8-5-15(6-9-18)22-24-23(31-25-22)16-12-21(27)26(14-16)17-7-10-19(28-2)20(13-17)29-3/h5-10,13,16H,4,11-12,14H2,1-3H3. The summed E-state index contributed by atoms with van der Waals surface area (Å²) in [4.78, 5) is 18.9. The summed E-state index contributed by atoms with van der Waals surface area (Å²) < 4.78 is 21.7. The number of rotatable bonds is 8. The first-order chi connectivity index (χ1) is 15.1. The number of hydrogen-bond acceptors (Lipinski definition) is 7. The molecule has 1 aliphatic rings. The summed E-state index contributed by atoms with van der Waals surface area (Å²) >= 11 is 0. The third kappa shape index (κ3) is 4.33.